The molecule has 0 aliphatic carbocycles. The second-order valence-corrected chi connectivity index (χ2v) is 6.11. The summed E-state index contributed by atoms with van der Waals surface area (Å²) >= 11 is 1.42. The number of nitrogens with zero attached hydrogens (tertiary/aromatic N) is 3. The first-order valence-electron chi connectivity index (χ1n) is 7.52. The van der Waals surface area contributed by atoms with E-state index >= 15 is 0 Å². The Balaban J connectivity index is 2.11. The minimum atomic E-state index is -0.454. The van der Waals surface area contributed by atoms with Gasteiger partial charge in [-0.25, -0.2) is 0 Å². The fourth-order valence-corrected chi connectivity index (χ4v) is 3.37. The lowest BCUT2D eigenvalue weighted by Gasteiger charge is -2.03. The van der Waals surface area contributed by atoms with Gasteiger partial charge in [-0.05, 0) is 32.0 Å². The summed E-state index contributed by atoms with van der Waals surface area (Å²) < 4.78 is 13.4. The first kappa shape index (κ1) is 16.2. The highest BCUT2D eigenvalue weighted by atomic mass is 32.1. The molecule has 3 aromatic rings. The number of fused-ring (bicyclic) bond motifs is 1. The monoisotopic (exact) mass is 343 g/mol. The molecule has 2 aromatic heterocycles. The van der Waals surface area contributed by atoms with Gasteiger partial charge in [0.2, 0.25) is 5.76 Å². The van der Waals surface area contributed by atoms with Gasteiger partial charge in [0.05, 0.1) is 22.5 Å². The largest absolute Gasteiger partial charge is 0.494 e. The summed E-state index contributed by atoms with van der Waals surface area (Å²) in [5.74, 6) is 0.468. The molecule has 1 amide bonds. The zero-order valence-electron chi connectivity index (χ0n) is 13.5. The number of allylic oxidation sites excluding steroid dienone is 1. The molecule has 2 heterocycles. The van der Waals surface area contributed by atoms with Crippen LogP contribution >= 0.6 is 11.3 Å². The van der Waals surface area contributed by atoms with Crippen molar-refractivity contribution in [2.45, 2.75) is 20.4 Å². The van der Waals surface area contributed by atoms with Crippen LogP contribution in [-0.2, 0) is 6.54 Å². The van der Waals surface area contributed by atoms with E-state index < -0.39 is 5.91 Å². The molecule has 0 aliphatic heterocycles. The average Bonchev–Trinajstić information content (AvgIpc) is 3.12. The standard InChI is InChI=1S/C17H17N3O3S/c1-4-8-20-13-7-6-12(22-5-2)10-15(13)24-17(20)18-16(21)14-9-11(3)19-23-14/h4,6-7,9-10H,1,5,8H2,2-3H3. The van der Waals surface area contributed by atoms with Crippen molar-refractivity contribution < 1.29 is 14.1 Å². The van der Waals surface area contributed by atoms with Gasteiger partial charge in [0.25, 0.3) is 0 Å². The number of hydrogen-bond acceptors (Lipinski definition) is 5. The van der Waals surface area contributed by atoms with E-state index in [0.717, 1.165) is 16.0 Å². The summed E-state index contributed by atoms with van der Waals surface area (Å²) in [7, 11) is 0. The molecule has 124 valence electrons. The van der Waals surface area contributed by atoms with Gasteiger partial charge in [-0.15, -0.1) is 6.58 Å². The van der Waals surface area contributed by atoms with Gasteiger partial charge >= 0.3 is 5.91 Å². The van der Waals surface area contributed by atoms with Crippen molar-refractivity contribution in [3.8, 4) is 5.75 Å². The van der Waals surface area contributed by atoms with E-state index in [-0.39, 0.29) is 5.76 Å². The first-order valence-corrected chi connectivity index (χ1v) is 8.33. The molecule has 0 unspecified atom stereocenters. The van der Waals surface area contributed by atoms with Gasteiger partial charge in [0.15, 0.2) is 4.80 Å². The highest BCUT2D eigenvalue weighted by Crippen LogP contribution is 2.23. The quantitative estimate of drug-likeness (QED) is 0.666. The van der Waals surface area contributed by atoms with E-state index in [2.05, 4.69) is 16.7 Å². The summed E-state index contributed by atoms with van der Waals surface area (Å²) in [5, 5.41) is 3.72. The molecule has 0 bridgehead atoms. The molecule has 0 radical (unpaired) electrons. The number of carbonyl (C=O) groups is 1. The van der Waals surface area contributed by atoms with Crippen LogP contribution in [0, 0.1) is 6.92 Å². The summed E-state index contributed by atoms with van der Waals surface area (Å²) in [6.45, 7) is 8.62. The third kappa shape index (κ3) is 3.16. The van der Waals surface area contributed by atoms with Gasteiger partial charge in [-0.3, -0.25) is 4.79 Å². The Kier molecular flexibility index (Phi) is 4.61. The van der Waals surface area contributed by atoms with Gasteiger partial charge in [0, 0.05) is 12.6 Å². The molecule has 0 saturated heterocycles. The minimum Gasteiger partial charge on any atom is -0.494 e. The maximum Gasteiger partial charge on any atom is 0.318 e. The molecule has 6 nitrogen and oxygen atoms in total. The van der Waals surface area contributed by atoms with Crippen LogP contribution in [0.3, 0.4) is 0 Å². The van der Waals surface area contributed by atoms with Crippen LogP contribution in [0.5, 0.6) is 5.75 Å². The Morgan fingerprint density at radius 2 is 2.33 bits per heavy atom. The zero-order chi connectivity index (χ0) is 17.1. The summed E-state index contributed by atoms with van der Waals surface area (Å²) in [4.78, 5) is 17.0. The second kappa shape index (κ2) is 6.84. The number of carbonyl (C=O) groups excluding carboxylic acids is 1. The average molecular weight is 343 g/mol. The number of hydrogen-bond donors (Lipinski definition) is 0. The van der Waals surface area contributed by atoms with Crippen molar-refractivity contribution in [2.75, 3.05) is 6.61 Å². The minimum absolute atomic E-state index is 0.130. The third-order valence-electron chi connectivity index (χ3n) is 3.31. The highest BCUT2D eigenvalue weighted by molar-refractivity contribution is 7.16. The van der Waals surface area contributed by atoms with Crippen LogP contribution in [0.2, 0.25) is 0 Å². The van der Waals surface area contributed by atoms with Crippen molar-refractivity contribution in [1.29, 1.82) is 0 Å². The van der Waals surface area contributed by atoms with Crippen molar-refractivity contribution in [3.63, 3.8) is 0 Å². The summed E-state index contributed by atoms with van der Waals surface area (Å²) in [6.07, 6.45) is 1.77. The predicted octanol–water partition coefficient (Wildman–Crippen LogP) is 3.33. The molecule has 24 heavy (non-hydrogen) atoms. The fraction of sp³-hybridized carbons (Fsp3) is 0.235. The number of aromatic nitrogens is 2. The topological polar surface area (TPSA) is 69.6 Å². The van der Waals surface area contributed by atoms with Crippen LogP contribution in [0.1, 0.15) is 23.2 Å². The SMILES string of the molecule is C=CCn1c(=NC(=O)c2cc(C)no2)sc2cc(OCC)ccc21. The Labute approximate surface area is 142 Å². The summed E-state index contributed by atoms with van der Waals surface area (Å²) in [5.41, 5.74) is 1.62. The molecule has 0 fully saturated rings. The number of aryl methyl sites for hydroxylation is 1. The Hall–Kier alpha value is -2.67. The van der Waals surface area contributed by atoms with Crippen molar-refractivity contribution in [2.24, 2.45) is 4.99 Å². The Bertz CT molecular complexity index is 965. The smallest absolute Gasteiger partial charge is 0.318 e. The lowest BCUT2D eigenvalue weighted by Crippen LogP contribution is -2.16. The number of ether oxygens (including phenoxy) is 1. The van der Waals surface area contributed by atoms with Gasteiger partial charge in [0.1, 0.15) is 5.75 Å². The summed E-state index contributed by atoms with van der Waals surface area (Å²) in [6, 6.07) is 7.39. The maximum absolute atomic E-state index is 12.3. The number of thiazole rings is 1. The van der Waals surface area contributed by atoms with E-state index in [4.69, 9.17) is 9.26 Å². The highest BCUT2D eigenvalue weighted by Gasteiger charge is 2.13. The molecule has 0 spiro atoms. The van der Waals surface area contributed by atoms with E-state index in [1.54, 1.807) is 19.1 Å². The third-order valence-corrected chi connectivity index (χ3v) is 4.35. The zero-order valence-corrected chi connectivity index (χ0v) is 14.3. The number of amides is 1. The van der Waals surface area contributed by atoms with Crippen molar-refractivity contribution in [1.82, 2.24) is 9.72 Å². The lowest BCUT2D eigenvalue weighted by molar-refractivity contribution is 0.0962. The molecule has 0 N–H and O–H groups in total. The lowest BCUT2D eigenvalue weighted by atomic mass is 10.3. The first-order chi connectivity index (χ1) is 11.6. The molecular weight excluding hydrogens is 326 g/mol. The normalized spacial score (nSPS) is 11.8. The predicted molar refractivity (Wildman–Crippen MR) is 92.3 cm³/mol. The van der Waals surface area contributed by atoms with Gasteiger partial charge in [-0.2, -0.15) is 4.99 Å². The Morgan fingerprint density at radius 3 is 3.00 bits per heavy atom. The molecule has 0 atom stereocenters. The fourth-order valence-electron chi connectivity index (χ4n) is 2.31. The van der Waals surface area contributed by atoms with Crippen LogP contribution in [0.4, 0.5) is 0 Å². The maximum atomic E-state index is 12.3. The van der Waals surface area contributed by atoms with Crippen LogP contribution in [0.25, 0.3) is 10.2 Å². The second-order valence-electron chi connectivity index (χ2n) is 5.10. The van der Waals surface area contributed by atoms with Crippen molar-refractivity contribution >= 4 is 27.5 Å². The van der Waals surface area contributed by atoms with Crippen LogP contribution in [-0.4, -0.2) is 22.2 Å². The van der Waals surface area contributed by atoms with Gasteiger partial charge < -0.3 is 13.8 Å². The van der Waals surface area contributed by atoms with E-state index in [0.29, 0.717) is 23.6 Å². The van der Waals surface area contributed by atoms with Gasteiger partial charge in [-0.1, -0.05) is 22.6 Å². The molecule has 0 aliphatic rings. The Morgan fingerprint density at radius 1 is 1.50 bits per heavy atom. The molecule has 3 rings (SSSR count). The number of benzene rings is 1. The van der Waals surface area contributed by atoms with Crippen molar-refractivity contribution in [3.05, 3.63) is 53.2 Å². The van der Waals surface area contributed by atoms with Crippen LogP contribution in [0.15, 0.2) is 46.4 Å². The van der Waals surface area contributed by atoms with Crippen LogP contribution < -0.4 is 9.54 Å². The van der Waals surface area contributed by atoms with E-state index in [1.807, 2.05) is 29.7 Å². The van der Waals surface area contributed by atoms with E-state index in [9.17, 15) is 4.79 Å². The number of rotatable bonds is 5. The molecule has 1 aromatic carbocycles. The molecule has 7 heteroatoms. The molecule has 0 saturated carbocycles. The van der Waals surface area contributed by atoms with E-state index in [1.165, 1.54) is 11.3 Å². The molecular formula is C17H17N3O3S.